The molecule has 0 radical (unpaired) electrons. The van der Waals surface area contributed by atoms with Gasteiger partial charge in [-0.15, -0.1) is 0 Å². The van der Waals surface area contributed by atoms with Crippen molar-refractivity contribution in [2.24, 2.45) is 0 Å². The SMILES string of the molecule is Cc1cc(-c2cc(-n3c4ccccc4c4cc(-c5ccc(N(c6ccc(-c7ccccc7)cc6)c6ccc7c(c6)C(C)(C)c6ccccc6-7)cc5)ccc43)cc(C(C)(C)C)c2)cc(C(C)(C)C)c1. The number of hydrogen-bond acceptors (Lipinski definition) is 1. The van der Waals surface area contributed by atoms with Gasteiger partial charge in [0.15, 0.2) is 0 Å². The lowest BCUT2D eigenvalue weighted by Gasteiger charge is -2.28. The van der Waals surface area contributed by atoms with Gasteiger partial charge in [-0.3, -0.25) is 0 Å². The quantitative estimate of drug-likeness (QED) is 0.155. The molecule has 1 aromatic heterocycles. The summed E-state index contributed by atoms with van der Waals surface area (Å²) in [5, 5.41) is 2.50. The van der Waals surface area contributed by atoms with Crippen molar-refractivity contribution in [2.75, 3.05) is 4.90 Å². The Bertz CT molecular complexity index is 3530. The van der Waals surface area contributed by atoms with E-state index in [4.69, 9.17) is 0 Å². The predicted octanol–water partition coefficient (Wildman–Crippen LogP) is 18.5. The van der Waals surface area contributed by atoms with Gasteiger partial charge < -0.3 is 9.47 Å². The number of benzene rings is 9. The third-order valence-corrected chi connectivity index (χ3v) is 14.5. The zero-order valence-corrected chi connectivity index (χ0v) is 40.9. The average molecular weight is 881 g/mol. The molecule has 0 aliphatic heterocycles. The van der Waals surface area contributed by atoms with E-state index in [-0.39, 0.29) is 16.2 Å². The fourth-order valence-electron chi connectivity index (χ4n) is 10.7. The van der Waals surface area contributed by atoms with Gasteiger partial charge in [-0.25, -0.2) is 0 Å². The molecular weight excluding hydrogens is 821 g/mol. The smallest absolute Gasteiger partial charge is 0.0541 e. The lowest BCUT2D eigenvalue weighted by molar-refractivity contribution is 0.589. The van der Waals surface area contributed by atoms with Crippen LogP contribution in [-0.4, -0.2) is 4.57 Å². The summed E-state index contributed by atoms with van der Waals surface area (Å²) in [7, 11) is 0. The lowest BCUT2D eigenvalue weighted by atomic mass is 9.82. The van der Waals surface area contributed by atoms with Crippen LogP contribution in [-0.2, 0) is 16.2 Å². The van der Waals surface area contributed by atoms with Crippen LogP contribution in [0.15, 0.2) is 200 Å². The Hall–Kier alpha value is -7.42. The molecule has 2 nitrogen and oxygen atoms in total. The predicted molar refractivity (Wildman–Crippen MR) is 291 cm³/mol. The molecule has 0 bridgehead atoms. The van der Waals surface area contributed by atoms with E-state index in [1.54, 1.807) is 0 Å². The third kappa shape index (κ3) is 7.53. The van der Waals surface area contributed by atoms with Gasteiger partial charge in [-0.2, -0.15) is 0 Å². The fraction of sp³-hybridized carbons (Fsp3) is 0.182. The van der Waals surface area contributed by atoms with Gasteiger partial charge in [-0.1, -0.05) is 194 Å². The van der Waals surface area contributed by atoms with E-state index < -0.39 is 0 Å². The fourth-order valence-corrected chi connectivity index (χ4v) is 10.7. The zero-order chi connectivity index (χ0) is 47.1. The van der Waals surface area contributed by atoms with E-state index >= 15 is 0 Å². The Morgan fingerprint density at radius 2 is 0.912 bits per heavy atom. The Morgan fingerprint density at radius 3 is 1.60 bits per heavy atom. The van der Waals surface area contributed by atoms with Crippen LogP contribution < -0.4 is 4.90 Å². The van der Waals surface area contributed by atoms with Crippen molar-refractivity contribution in [1.82, 2.24) is 4.57 Å². The van der Waals surface area contributed by atoms with E-state index in [1.165, 1.54) is 99.8 Å². The average Bonchev–Trinajstić information content (AvgIpc) is 3.79. The van der Waals surface area contributed by atoms with Crippen LogP contribution in [0, 0.1) is 6.92 Å². The largest absolute Gasteiger partial charge is 0.310 e. The molecule has 0 atom stereocenters. The highest BCUT2D eigenvalue weighted by molar-refractivity contribution is 6.10. The molecule has 0 saturated carbocycles. The van der Waals surface area contributed by atoms with Crippen molar-refractivity contribution < 1.29 is 0 Å². The molecule has 0 saturated heterocycles. The summed E-state index contributed by atoms with van der Waals surface area (Å²) in [5.74, 6) is 0. The molecule has 1 aliphatic rings. The van der Waals surface area contributed by atoms with E-state index in [9.17, 15) is 0 Å². The second-order valence-corrected chi connectivity index (χ2v) is 21.6. The van der Waals surface area contributed by atoms with Crippen molar-refractivity contribution in [2.45, 2.75) is 78.6 Å². The first kappa shape index (κ1) is 43.2. The molecule has 334 valence electrons. The minimum Gasteiger partial charge on any atom is -0.310 e. The highest BCUT2D eigenvalue weighted by Gasteiger charge is 2.36. The maximum atomic E-state index is 2.48. The second-order valence-electron chi connectivity index (χ2n) is 21.6. The number of fused-ring (bicyclic) bond motifs is 6. The first-order valence-electron chi connectivity index (χ1n) is 24.2. The van der Waals surface area contributed by atoms with Crippen molar-refractivity contribution in [1.29, 1.82) is 0 Å². The van der Waals surface area contributed by atoms with Crippen LogP contribution in [0.4, 0.5) is 17.1 Å². The van der Waals surface area contributed by atoms with Gasteiger partial charge in [0.05, 0.1) is 11.0 Å². The monoisotopic (exact) mass is 880 g/mol. The highest BCUT2D eigenvalue weighted by atomic mass is 15.1. The molecule has 10 aromatic rings. The molecule has 0 unspecified atom stereocenters. The number of rotatable bonds is 7. The van der Waals surface area contributed by atoms with E-state index in [0.717, 1.165) is 17.1 Å². The van der Waals surface area contributed by atoms with Crippen LogP contribution in [0.25, 0.3) is 72.0 Å². The minimum atomic E-state index is -0.106. The lowest BCUT2D eigenvalue weighted by Crippen LogP contribution is -2.16. The number of nitrogens with zero attached hydrogens (tertiary/aromatic N) is 2. The molecule has 11 rings (SSSR count). The molecule has 9 aromatic carbocycles. The van der Waals surface area contributed by atoms with E-state index in [2.05, 4.69) is 272 Å². The Labute approximate surface area is 403 Å². The molecule has 1 aliphatic carbocycles. The molecule has 0 N–H and O–H groups in total. The Balaban J connectivity index is 1.00. The van der Waals surface area contributed by atoms with E-state index in [0.29, 0.717) is 0 Å². The maximum Gasteiger partial charge on any atom is 0.0541 e. The van der Waals surface area contributed by atoms with Crippen LogP contribution in [0.5, 0.6) is 0 Å². The first-order valence-corrected chi connectivity index (χ1v) is 24.2. The minimum absolute atomic E-state index is 0.0380. The van der Waals surface area contributed by atoms with Gasteiger partial charge in [0.2, 0.25) is 0 Å². The van der Waals surface area contributed by atoms with Gasteiger partial charge in [0, 0.05) is 38.9 Å². The van der Waals surface area contributed by atoms with Crippen LogP contribution in [0.2, 0.25) is 0 Å². The van der Waals surface area contributed by atoms with Gasteiger partial charge in [0.25, 0.3) is 0 Å². The summed E-state index contributed by atoms with van der Waals surface area (Å²) < 4.78 is 2.48. The summed E-state index contributed by atoms with van der Waals surface area (Å²) in [5.41, 5.74) is 23.6. The van der Waals surface area contributed by atoms with E-state index in [1.807, 2.05) is 0 Å². The summed E-state index contributed by atoms with van der Waals surface area (Å²) >= 11 is 0. The molecule has 1 heterocycles. The van der Waals surface area contributed by atoms with Crippen LogP contribution in [0.3, 0.4) is 0 Å². The first-order chi connectivity index (χ1) is 32.6. The summed E-state index contributed by atoms with van der Waals surface area (Å²) in [6, 6.07) is 75.0. The molecule has 2 heteroatoms. The highest BCUT2D eigenvalue weighted by Crippen LogP contribution is 2.51. The number of aromatic nitrogens is 1. The third-order valence-electron chi connectivity index (χ3n) is 14.5. The number of hydrogen-bond donors (Lipinski definition) is 0. The number of aryl methyl sites for hydroxylation is 1. The number of anilines is 3. The standard InChI is InChI=1S/C66H60N2/c1-43-35-48(37-50(36-43)64(2,3)4)49-38-51(65(5,6)7)41-55(39-49)68-62-22-16-14-20-58(62)59-40-47(27-34-63(59)68)46-25-30-53(31-26-46)67(52-28-23-45(24-29-52)44-17-11-10-12-18-44)54-32-33-57-56-19-13-15-21-60(56)66(8,9)61(57)42-54/h10-42H,1-9H3. The summed E-state index contributed by atoms with van der Waals surface area (Å²) in [4.78, 5) is 2.41. The number of para-hydroxylation sites is 1. The summed E-state index contributed by atoms with van der Waals surface area (Å²) in [6.07, 6.45) is 0. The second kappa shape index (κ2) is 16.1. The normalized spacial score (nSPS) is 13.2. The molecule has 0 spiro atoms. The van der Waals surface area contributed by atoms with Crippen molar-refractivity contribution in [3.63, 3.8) is 0 Å². The molecule has 0 fully saturated rings. The van der Waals surface area contributed by atoms with Crippen molar-refractivity contribution in [3.05, 3.63) is 228 Å². The van der Waals surface area contributed by atoms with Crippen LogP contribution in [0.1, 0.15) is 83.2 Å². The van der Waals surface area contributed by atoms with Gasteiger partial charge in [-0.05, 0) is 151 Å². The molecule has 68 heavy (non-hydrogen) atoms. The van der Waals surface area contributed by atoms with Crippen LogP contribution >= 0.6 is 0 Å². The van der Waals surface area contributed by atoms with Gasteiger partial charge in [0.1, 0.15) is 0 Å². The van der Waals surface area contributed by atoms with Crippen molar-refractivity contribution in [3.8, 4) is 50.2 Å². The van der Waals surface area contributed by atoms with Crippen molar-refractivity contribution >= 4 is 38.9 Å². The Kier molecular flexibility index (Phi) is 10.2. The molecular formula is C66H60N2. The Morgan fingerprint density at radius 1 is 0.382 bits per heavy atom. The zero-order valence-electron chi connectivity index (χ0n) is 40.9. The summed E-state index contributed by atoms with van der Waals surface area (Å²) in [6.45, 7) is 20.8. The molecule has 0 amide bonds. The topological polar surface area (TPSA) is 8.17 Å². The van der Waals surface area contributed by atoms with Gasteiger partial charge >= 0.3 is 0 Å². The maximum absolute atomic E-state index is 2.48.